The Kier molecular flexibility index (Phi) is 3.31. The highest BCUT2D eigenvalue weighted by molar-refractivity contribution is 5.68. The molecule has 0 spiro atoms. The summed E-state index contributed by atoms with van der Waals surface area (Å²) in [6, 6.07) is 5.80. The van der Waals surface area contributed by atoms with E-state index in [1.54, 1.807) is 0 Å². The molecule has 4 nitrogen and oxygen atoms in total. The SMILES string of the molecule is CN1CCN(c2ccc(CO)cc2N)CC1. The van der Waals surface area contributed by atoms with Crippen molar-refractivity contribution in [3.63, 3.8) is 0 Å². The molecule has 0 amide bonds. The quantitative estimate of drug-likeness (QED) is 0.715. The molecule has 0 unspecified atom stereocenters. The van der Waals surface area contributed by atoms with Gasteiger partial charge in [-0.2, -0.15) is 0 Å². The number of nitrogens with zero attached hydrogens (tertiary/aromatic N) is 2. The number of nitrogens with two attached hydrogens (primary N) is 1. The van der Waals surface area contributed by atoms with Gasteiger partial charge in [0, 0.05) is 26.2 Å². The summed E-state index contributed by atoms with van der Waals surface area (Å²) in [5, 5.41) is 9.02. The van der Waals surface area contributed by atoms with Crippen molar-refractivity contribution in [1.82, 2.24) is 4.90 Å². The predicted octanol–water partition coefficient (Wildman–Crippen LogP) is 0.513. The van der Waals surface area contributed by atoms with Gasteiger partial charge in [0.1, 0.15) is 0 Å². The van der Waals surface area contributed by atoms with Crippen molar-refractivity contribution in [3.05, 3.63) is 23.8 Å². The molecule has 2 rings (SSSR count). The summed E-state index contributed by atoms with van der Waals surface area (Å²) < 4.78 is 0. The number of anilines is 2. The van der Waals surface area contributed by atoms with Crippen molar-refractivity contribution in [2.24, 2.45) is 0 Å². The number of aliphatic hydroxyl groups is 1. The van der Waals surface area contributed by atoms with Gasteiger partial charge in [-0.15, -0.1) is 0 Å². The van der Waals surface area contributed by atoms with E-state index in [4.69, 9.17) is 10.8 Å². The van der Waals surface area contributed by atoms with E-state index in [0.29, 0.717) is 0 Å². The van der Waals surface area contributed by atoms with Gasteiger partial charge in [-0.3, -0.25) is 0 Å². The van der Waals surface area contributed by atoms with Crippen LogP contribution in [0.1, 0.15) is 5.56 Å². The van der Waals surface area contributed by atoms with Gasteiger partial charge in [-0.1, -0.05) is 6.07 Å². The molecule has 1 heterocycles. The molecule has 0 bridgehead atoms. The fourth-order valence-corrected chi connectivity index (χ4v) is 2.04. The van der Waals surface area contributed by atoms with Crippen molar-refractivity contribution in [1.29, 1.82) is 0 Å². The van der Waals surface area contributed by atoms with Crippen molar-refractivity contribution in [3.8, 4) is 0 Å². The zero-order valence-electron chi connectivity index (χ0n) is 9.69. The van der Waals surface area contributed by atoms with Crippen LogP contribution in [0.2, 0.25) is 0 Å². The normalized spacial score (nSPS) is 17.8. The van der Waals surface area contributed by atoms with Crippen LogP contribution in [0.25, 0.3) is 0 Å². The molecule has 4 heteroatoms. The van der Waals surface area contributed by atoms with E-state index in [2.05, 4.69) is 16.8 Å². The highest BCUT2D eigenvalue weighted by Gasteiger charge is 2.16. The first-order chi connectivity index (χ1) is 7.70. The number of hydrogen-bond acceptors (Lipinski definition) is 4. The van der Waals surface area contributed by atoms with Crippen LogP contribution in [0.3, 0.4) is 0 Å². The number of likely N-dealkylation sites (N-methyl/N-ethyl adjacent to an activating group) is 1. The largest absolute Gasteiger partial charge is 0.397 e. The zero-order chi connectivity index (χ0) is 11.5. The molecule has 16 heavy (non-hydrogen) atoms. The second-order valence-corrected chi connectivity index (χ2v) is 4.34. The molecule has 0 radical (unpaired) electrons. The molecule has 0 aromatic heterocycles. The van der Waals surface area contributed by atoms with Crippen LogP contribution in [0.15, 0.2) is 18.2 Å². The molecule has 0 aliphatic carbocycles. The Morgan fingerprint density at radius 2 is 1.94 bits per heavy atom. The number of rotatable bonds is 2. The van der Waals surface area contributed by atoms with Crippen LogP contribution < -0.4 is 10.6 Å². The highest BCUT2D eigenvalue weighted by Crippen LogP contribution is 2.25. The van der Waals surface area contributed by atoms with Gasteiger partial charge in [0.25, 0.3) is 0 Å². The molecule has 88 valence electrons. The van der Waals surface area contributed by atoms with Gasteiger partial charge in [-0.05, 0) is 24.7 Å². The third kappa shape index (κ3) is 2.28. The lowest BCUT2D eigenvalue weighted by Crippen LogP contribution is -2.44. The molecule has 1 fully saturated rings. The lowest BCUT2D eigenvalue weighted by atomic mass is 10.1. The van der Waals surface area contributed by atoms with E-state index >= 15 is 0 Å². The minimum Gasteiger partial charge on any atom is -0.397 e. The second-order valence-electron chi connectivity index (χ2n) is 4.34. The summed E-state index contributed by atoms with van der Waals surface area (Å²) >= 11 is 0. The van der Waals surface area contributed by atoms with E-state index in [-0.39, 0.29) is 6.61 Å². The summed E-state index contributed by atoms with van der Waals surface area (Å²) in [7, 11) is 2.13. The van der Waals surface area contributed by atoms with Crippen LogP contribution in [0.4, 0.5) is 11.4 Å². The molecule has 0 saturated carbocycles. The molecule has 0 atom stereocenters. The van der Waals surface area contributed by atoms with Crippen LogP contribution >= 0.6 is 0 Å². The summed E-state index contributed by atoms with van der Waals surface area (Å²) in [6.07, 6.45) is 0. The Morgan fingerprint density at radius 3 is 2.50 bits per heavy atom. The standard InChI is InChI=1S/C12H19N3O/c1-14-4-6-15(7-5-14)12-3-2-10(9-16)8-11(12)13/h2-3,8,16H,4-7,9,13H2,1H3. The summed E-state index contributed by atoms with van der Waals surface area (Å²) in [4.78, 5) is 4.62. The van der Waals surface area contributed by atoms with Crippen LogP contribution in [0, 0.1) is 0 Å². The minimum absolute atomic E-state index is 0.0488. The average molecular weight is 221 g/mol. The first kappa shape index (κ1) is 11.2. The van der Waals surface area contributed by atoms with Crippen molar-refractivity contribution >= 4 is 11.4 Å². The van der Waals surface area contributed by atoms with Gasteiger partial charge in [0.05, 0.1) is 18.0 Å². The first-order valence-corrected chi connectivity index (χ1v) is 5.63. The van der Waals surface area contributed by atoms with Crippen molar-refractivity contribution in [2.75, 3.05) is 43.9 Å². The van der Waals surface area contributed by atoms with Crippen LogP contribution in [-0.4, -0.2) is 43.2 Å². The molecule has 1 aliphatic heterocycles. The molecule has 3 N–H and O–H groups in total. The van der Waals surface area contributed by atoms with E-state index in [1.807, 2.05) is 18.2 Å². The average Bonchev–Trinajstić information content (AvgIpc) is 2.30. The van der Waals surface area contributed by atoms with E-state index in [1.165, 1.54) is 0 Å². The van der Waals surface area contributed by atoms with Gasteiger partial charge in [-0.25, -0.2) is 0 Å². The monoisotopic (exact) mass is 221 g/mol. The molecular weight excluding hydrogens is 202 g/mol. The molecule has 1 aliphatic rings. The third-order valence-corrected chi connectivity index (χ3v) is 3.12. The number of hydrogen-bond donors (Lipinski definition) is 2. The Balaban J connectivity index is 2.14. The molecular formula is C12H19N3O. The number of nitrogen functional groups attached to an aromatic ring is 1. The number of aliphatic hydroxyl groups excluding tert-OH is 1. The third-order valence-electron chi connectivity index (χ3n) is 3.12. The maximum atomic E-state index is 9.02. The zero-order valence-corrected chi connectivity index (χ0v) is 9.69. The minimum atomic E-state index is 0.0488. The fraction of sp³-hybridized carbons (Fsp3) is 0.500. The van der Waals surface area contributed by atoms with Crippen LogP contribution in [-0.2, 0) is 6.61 Å². The van der Waals surface area contributed by atoms with E-state index in [0.717, 1.165) is 43.1 Å². The lowest BCUT2D eigenvalue weighted by molar-refractivity contribution is 0.282. The maximum absolute atomic E-state index is 9.02. The summed E-state index contributed by atoms with van der Waals surface area (Å²) in [5.74, 6) is 0. The molecule has 1 saturated heterocycles. The Labute approximate surface area is 96.3 Å². The summed E-state index contributed by atoms with van der Waals surface area (Å²) in [6.45, 7) is 4.22. The highest BCUT2D eigenvalue weighted by atomic mass is 16.3. The van der Waals surface area contributed by atoms with Gasteiger partial charge in [0.2, 0.25) is 0 Å². The fourth-order valence-electron chi connectivity index (χ4n) is 2.04. The van der Waals surface area contributed by atoms with Gasteiger partial charge < -0.3 is 20.6 Å². The maximum Gasteiger partial charge on any atom is 0.0682 e. The number of benzene rings is 1. The Hall–Kier alpha value is -1.26. The Morgan fingerprint density at radius 1 is 1.25 bits per heavy atom. The number of piperazine rings is 1. The van der Waals surface area contributed by atoms with Crippen molar-refractivity contribution < 1.29 is 5.11 Å². The van der Waals surface area contributed by atoms with E-state index in [9.17, 15) is 0 Å². The second kappa shape index (κ2) is 4.72. The van der Waals surface area contributed by atoms with Crippen LogP contribution in [0.5, 0.6) is 0 Å². The van der Waals surface area contributed by atoms with Crippen molar-refractivity contribution in [2.45, 2.75) is 6.61 Å². The topological polar surface area (TPSA) is 52.7 Å². The predicted molar refractivity (Wildman–Crippen MR) is 66.5 cm³/mol. The Bertz CT molecular complexity index is 359. The lowest BCUT2D eigenvalue weighted by Gasteiger charge is -2.34. The molecule has 1 aromatic carbocycles. The summed E-state index contributed by atoms with van der Waals surface area (Å²) in [5.41, 5.74) is 8.72. The smallest absolute Gasteiger partial charge is 0.0682 e. The molecule has 1 aromatic rings. The first-order valence-electron chi connectivity index (χ1n) is 5.63. The van der Waals surface area contributed by atoms with Gasteiger partial charge in [0.15, 0.2) is 0 Å². The van der Waals surface area contributed by atoms with E-state index < -0.39 is 0 Å². The van der Waals surface area contributed by atoms with Gasteiger partial charge >= 0.3 is 0 Å².